The molecule has 0 unspecified atom stereocenters. The summed E-state index contributed by atoms with van der Waals surface area (Å²) in [7, 11) is 0. The maximum absolute atomic E-state index is 13.0. The lowest BCUT2D eigenvalue weighted by molar-refractivity contribution is 0.103. The Balaban J connectivity index is 1.76. The molecule has 1 amide bonds. The SMILES string of the molecule is O=C1NC2=C(C(=O)c3ccccc32)[C@@H](c2cccc3ccccc23)S1. The quantitative estimate of drug-likeness (QED) is 0.680. The first-order valence-electron chi connectivity index (χ1n) is 8.07. The molecule has 0 bridgehead atoms. The third kappa shape index (κ3) is 2.07. The molecule has 1 heterocycles. The highest BCUT2D eigenvalue weighted by molar-refractivity contribution is 8.14. The molecule has 0 aromatic heterocycles. The largest absolute Gasteiger partial charge is 0.316 e. The van der Waals surface area contributed by atoms with Gasteiger partial charge in [0.15, 0.2) is 5.78 Å². The summed E-state index contributed by atoms with van der Waals surface area (Å²) >= 11 is 1.18. The van der Waals surface area contributed by atoms with Gasteiger partial charge in [0, 0.05) is 16.7 Å². The maximum atomic E-state index is 13.0. The molecule has 0 fully saturated rings. The van der Waals surface area contributed by atoms with Gasteiger partial charge < -0.3 is 5.32 Å². The number of hydrogen-bond donors (Lipinski definition) is 1. The van der Waals surface area contributed by atoms with E-state index in [1.165, 1.54) is 11.8 Å². The van der Waals surface area contributed by atoms with Gasteiger partial charge in [0.1, 0.15) is 0 Å². The first kappa shape index (κ1) is 14.5. The summed E-state index contributed by atoms with van der Waals surface area (Å²) in [5.74, 6) is 0.0102. The van der Waals surface area contributed by atoms with Gasteiger partial charge in [-0.2, -0.15) is 0 Å². The highest BCUT2D eigenvalue weighted by Gasteiger charge is 2.40. The Morgan fingerprint density at radius 1 is 0.800 bits per heavy atom. The third-order valence-corrected chi connectivity index (χ3v) is 5.82. The van der Waals surface area contributed by atoms with Crippen LogP contribution in [0, 0.1) is 0 Å². The summed E-state index contributed by atoms with van der Waals surface area (Å²) in [6.07, 6.45) is 0. The molecule has 120 valence electrons. The Hall–Kier alpha value is -2.85. The number of carbonyl (C=O) groups is 2. The Morgan fingerprint density at radius 3 is 2.40 bits per heavy atom. The number of ketones is 1. The van der Waals surface area contributed by atoms with Crippen molar-refractivity contribution in [2.24, 2.45) is 0 Å². The Kier molecular flexibility index (Phi) is 3.09. The van der Waals surface area contributed by atoms with Crippen LogP contribution in [0.1, 0.15) is 26.7 Å². The van der Waals surface area contributed by atoms with Crippen LogP contribution in [0.4, 0.5) is 4.79 Å². The van der Waals surface area contributed by atoms with Crippen LogP contribution in [0.25, 0.3) is 16.5 Å². The van der Waals surface area contributed by atoms with Crippen LogP contribution >= 0.6 is 11.8 Å². The van der Waals surface area contributed by atoms with Crippen LogP contribution in [0.5, 0.6) is 0 Å². The van der Waals surface area contributed by atoms with Crippen molar-refractivity contribution >= 4 is 39.3 Å². The standard InChI is InChI=1S/C21H13NO2S/c23-19-15-10-4-3-9-14(15)18-17(19)20(25-21(24)22-18)16-11-5-7-12-6-1-2-8-13(12)16/h1-11,20H,(H,22,24)/t20-/m1/s1. The zero-order chi connectivity index (χ0) is 17.0. The molecule has 1 aliphatic heterocycles. The zero-order valence-electron chi connectivity index (χ0n) is 13.2. The summed E-state index contributed by atoms with van der Waals surface area (Å²) in [5.41, 5.74) is 3.85. The van der Waals surface area contributed by atoms with E-state index in [0.29, 0.717) is 16.8 Å². The summed E-state index contributed by atoms with van der Waals surface area (Å²) in [6, 6.07) is 21.6. The van der Waals surface area contributed by atoms with Crippen LogP contribution in [-0.4, -0.2) is 11.0 Å². The molecule has 5 rings (SSSR count). The molecule has 1 atom stereocenters. The van der Waals surface area contributed by atoms with Crippen molar-refractivity contribution in [3.05, 3.63) is 89.0 Å². The van der Waals surface area contributed by atoms with Crippen LogP contribution in [0.2, 0.25) is 0 Å². The Morgan fingerprint density at radius 2 is 1.52 bits per heavy atom. The van der Waals surface area contributed by atoms with Crippen molar-refractivity contribution in [2.75, 3.05) is 0 Å². The second kappa shape index (κ2) is 5.33. The molecule has 4 heteroatoms. The molecule has 1 N–H and O–H groups in total. The smallest absolute Gasteiger partial charge is 0.284 e. The van der Waals surface area contributed by atoms with E-state index in [-0.39, 0.29) is 16.3 Å². The normalized spacial score (nSPS) is 19.0. The predicted octanol–water partition coefficient (Wildman–Crippen LogP) is 4.94. The monoisotopic (exact) mass is 343 g/mol. The minimum Gasteiger partial charge on any atom is -0.316 e. The van der Waals surface area contributed by atoms with Crippen LogP contribution < -0.4 is 5.32 Å². The molecule has 0 saturated carbocycles. The third-order valence-electron chi connectivity index (χ3n) is 4.77. The molecular weight excluding hydrogens is 330 g/mol. The lowest BCUT2D eigenvalue weighted by Gasteiger charge is -2.25. The molecule has 0 spiro atoms. The van der Waals surface area contributed by atoms with E-state index in [4.69, 9.17) is 0 Å². The van der Waals surface area contributed by atoms with Crippen molar-refractivity contribution in [3.8, 4) is 0 Å². The maximum Gasteiger partial charge on any atom is 0.284 e. The predicted molar refractivity (Wildman–Crippen MR) is 101 cm³/mol. The second-order valence-corrected chi connectivity index (χ2v) is 7.22. The summed E-state index contributed by atoms with van der Waals surface area (Å²) in [4.78, 5) is 25.4. The number of hydrogen-bond acceptors (Lipinski definition) is 3. The molecular formula is C21H13NO2S. The van der Waals surface area contributed by atoms with Crippen molar-refractivity contribution in [1.29, 1.82) is 0 Å². The molecule has 3 aromatic carbocycles. The number of Topliss-reactive ketones (excluding diaryl/α,β-unsaturated/α-hetero) is 1. The Bertz CT molecular complexity index is 1090. The fourth-order valence-electron chi connectivity index (χ4n) is 3.68. The number of carbonyl (C=O) groups excluding carboxylic acids is 2. The van der Waals surface area contributed by atoms with Gasteiger partial charge in [-0.05, 0) is 16.3 Å². The van der Waals surface area contributed by atoms with Gasteiger partial charge >= 0.3 is 0 Å². The van der Waals surface area contributed by atoms with Gasteiger partial charge in [-0.15, -0.1) is 0 Å². The number of benzene rings is 3. The number of nitrogens with one attached hydrogen (secondary N) is 1. The van der Waals surface area contributed by atoms with Crippen molar-refractivity contribution in [1.82, 2.24) is 5.32 Å². The minimum absolute atomic E-state index is 0.0102. The first-order valence-corrected chi connectivity index (χ1v) is 8.95. The summed E-state index contributed by atoms with van der Waals surface area (Å²) in [5, 5.41) is 4.66. The fraction of sp³-hybridized carbons (Fsp3) is 0.0476. The lowest BCUT2D eigenvalue weighted by Crippen LogP contribution is -2.25. The van der Waals surface area contributed by atoms with Gasteiger partial charge in [0.2, 0.25) is 0 Å². The van der Waals surface area contributed by atoms with E-state index in [1.807, 2.05) is 66.7 Å². The highest BCUT2D eigenvalue weighted by atomic mass is 32.2. The van der Waals surface area contributed by atoms with E-state index >= 15 is 0 Å². The van der Waals surface area contributed by atoms with Gasteiger partial charge in [0.05, 0.1) is 10.9 Å². The average molecular weight is 343 g/mol. The molecule has 3 nitrogen and oxygen atoms in total. The Labute approximate surface area is 148 Å². The number of thioether (sulfide) groups is 1. The zero-order valence-corrected chi connectivity index (χ0v) is 14.0. The topological polar surface area (TPSA) is 46.2 Å². The van der Waals surface area contributed by atoms with Crippen molar-refractivity contribution < 1.29 is 9.59 Å². The van der Waals surface area contributed by atoms with Gasteiger partial charge in [-0.25, -0.2) is 0 Å². The molecule has 1 aliphatic carbocycles. The van der Waals surface area contributed by atoms with E-state index in [9.17, 15) is 9.59 Å². The lowest BCUT2D eigenvalue weighted by atomic mass is 9.96. The summed E-state index contributed by atoms with van der Waals surface area (Å²) < 4.78 is 0. The van der Waals surface area contributed by atoms with E-state index < -0.39 is 0 Å². The number of fused-ring (bicyclic) bond motifs is 3. The average Bonchev–Trinajstić information content (AvgIpc) is 2.93. The van der Waals surface area contributed by atoms with Crippen LogP contribution in [-0.2, 0) is 0 Å². The first-order chi connectivity index (χ1) is 12.2. The van der Waals surface area contributed by atoms with E-state index in [2.05, 4.69) is 5.32 Å². The number of amides is 1. The molecule has 2 aliphatic rings. The van der Waals surface area contributed by atoms with Crippen LogP contribution in [0.3, 0.4) is 0 Å². The molecule has 25 heavy (non-hydrogen) atoms. The fourth-order valence-corrected chi connectivity index (χ4v) is 4.73. The highest BCUT2D eigenvalue weighted by Crippen LogP contribution is 2.49. The van der Waals surface area contributed by atoms with Crippen LogP contribution in [0.15, 0.2) is 72.3 Å². The molecule has 3 aromatic rings. The molecule has 0 radical (unpaired) electrons. The van der Waals surface area contributed by atoms with Crippen molar-refractivity contribution in [3.63, 3.8) is 0 Å². The second-order valence-electron chi connectivity index (χ2n) is 6.14. The minimum atomic E-state index is -0.297. The van der Waals surface area contributed by atoms with Gasteiger partial charge in [0.25, 0.3) is 5.24 Å². The van der Waals surface area contributed by atoms with Gasteiger partial charge in [-0.1, -0.05) is 78.5 Å². The molecule has 0 saturated heterocycles. The number of rotatable bonds is 1. The van der Waals surface area contributed by atoms with E-state index in [0.717, 1.165) is 21.9 Å². The van der Waals surface area contributed by atoms with Gasteiger partial charge in [-0.3, -0.25) is 9.59 Å². The van der Waals surface area contributed by atoms with Crippen molar-refractivity contribution in [2.45, 2.75) is 5.25 Å². The summed E-state index contributed by atoms with van der Waals surface area (Å²) in [6.45, 7) is 0. The van der Waals surface area contributed by atoms with E-state index in [1.54, 1.807) is 0 Å².